The third kappa shape index (κ3) is 3.56. The Morgan fingerprint density at radius 1 is 1.44 bits per heavy atom. The molecule has 1 aromatic heterocycles. The predicted octanol–water partition coefficient (Wildman–Crippen LogP) is 2.41. The lowest BCUT2D eigenvalue weighted by Gasteiger charge is -2.29. The number of rotatable bonds is 6. The van der Waals surface area contributed by atoms with Crippen LogP contribution in [0.1, 0.15) is 37.0 Å². The molecule has 1 saturated carbocycles. The van der Waals surface area contributed by atoms with Crippen molar-refractivity contribution in [2.75, 3.05) is 13.1 Å². The molecule has 2 N–H and O–H groups in total. The minimum atomic E-state index is 0.276. The van der Waals surface area contributed by atoms with E-state index in [9.17, 15) is 4.79 Å². The van der Waals surface area contributed by atoms with E-state index in [4.69, 9.17) is 5.73 Å². The molecule has 0 radical (unpaired) electrons. The van der Waals surface area contributed by atoms with Gasteiger partial charge in [-0.1, -0.05) is 18.9 Å². The van der Waals surface area contributed by atoms with Crippen LogP contribution in [0.2, 0.25) is 0 Å². The van der Waals surface area contributed by atoms with E-state index in [0.717, 1.165) is 17.8 Å². The van der Waals surface area contributed by atoms with Gasteiger partial charge in [0.15, 0.2) is 0 Å². The highest BCUT2D eigenvalue weighted by Gasteiger charge is 2.26. The van der Waals surface area contributed by atoms with E-state index in [2.05, 4.69) is 4.90 Å². The van der Waals surface area contributed by atoms with Gasteiger partial charge < -0.3 is 10.6 Å². The van der Waals surface area contributed by atoms with Crippen LogP contribution in [-0.2, 0) is 11.2 Å². The molecule has 1 aliphatic rings. The molecule has 0 unspecified atom stereocenters. The Labute approximate surface area is 113 Å². The van der Waals surface area contributed by atoms with E-state index >= 15 is 0 Å². The number of hydrogen-bond donors (Lipinski definition) is 1. The molecule has 1 aliphatic carbocycles. The van der Waals surface area contributed by atoms with Crippen LogP contribution in [0.4, 0.5) is 0 Å². The monoisotopic (exact) mass is 266 g/mol. The van der Waals surface area contributed by atoms with Crippen molar-refractivity contribution in [2.45, 2.75) is 44.6 Å². The summed E-state index contributed by atoms with van der Waals surface area (Å²) in [5, 5.41) is 2.03. The second-order valence-electron chi connectivity index (χ2n) is 4.92. The summed E-state index contributed by atoms with van der Waals surface area (Å²) in [4.78, 5) is 15.6. The van der Waals surface area contributed by atoms with Crippen LogP contribution >= 0.6 is 11.3 Å². The molecular weight excluding hydrogens is 244 g/mol. The molecule has 0 atom stereocenters. The summed E-state index contributed by atoms with van der Waals surface area (Å²) in [6, 6.07) is 4.51. The standard InChI is InChI=1S/C14H22N2OS/c15-8-4-9-16(12-5-1-2-6-12)14(17)11-13-7-3-10-18-13/h3,7,10,12H,1-2,4-6,8-9,11,15H2. The number of nitrogens with zero attached hydrogens (tertiary/aromatic N) is 1. The molecule has 100 valence electrons. The van der Waals surface area contributed by atoms with Gasteiger partial charge in [0.05, 0.1) is 6.42 Å². The number of carbonyl (C=O) groups excluding carboxylic acids is 1. The summed E-state index contributed by atoms with van der Waals surface area (Å²) >= 11 is 1.66. The summed E-state index contributed by atoms with van der Waals surface area (Å²) in [6.07, 6.45) is 6.32. The molecule has 1 heterocycles. The highest BCUT2D eigenvalue weighted by atomic mass is 32.1. The number of thiophene rings is 1. The fourth-order valence-electron chi connectivity index (χ4n) is 2.65. The quantitative estimate of drug-likeness (QED) is 0.859. The van der Waals surface area contributed by atoms with Gasteiger partial charge in [0.2, 0.25) is 5.91 Å². The van der Waals surface area contributed by atoms with E-state index < -0.39 is 0 Å². The van der Waals surface area contributed by atoms with Crippen LogP contribution in [0.5, 0.6) is 0 Å². The average molecular weight is 266 g/mol. The molecule has 2 rings (SSSR count). The maximum atomic E-state index is 12.4. The third-order valence-corrected chi connectivity index (χ3v) is 4.47. The molecule has 4 heteroatoms. The molecular formula is C14H22N2OS. The zero-order valence-electron chi connectivity index (χ0n) is 10.8. The second kappa shape index (κ2) is 6.90. The molecule has 0 aliphatic heterocycles. The Hall–Kier alpha value is -0.870. The third-order valence-electron chi connectivity index (χ3n) is 3.59. The van der Waals surface area contributed by atoms with E-state index in [1.807, 2.05) is 17.5 Å². The van der Waals surface area contributed by atoms with Gasteiger partial charge in [-0.05, 0) is 37.3 Å². The SMILES string of the molecule is NCCCN(C(=O)Cc1cccs1)C1CCCC1. The highest BCUT2D eigenvalue weighted by molar-refractivity contribution is 7.10. The minimum absolute atomic E-state index is 0.276. The Morgan fingerprint density at radius 3 is 2.83 bits per heavy atom. The van der Waals surface area contributed by atoms with Crippen LogP contribution < -0.4 is 5.73 Å². The maximum Gasteiger partial charge on any atom is 0.228 e. The van der Waals surface area contributed by atoms with Crippen molar-refractivity contribution in [3.8, 4) is 0 Å². The minimum Gasteiger partial charge on any atom is -0.339 e. The van der Waals surface area contributed by atoms with Crippen LogP contribution in [-0.4, -0.2) is 29.9 Å². The van der Waals surface area contributed by atoms with Crippen LogP contribution in [0.3, 0.4) is 0 Å². The van der Waals surface area contributed by atoms with Crippen molar-refractivity contribution in [3.63, 3.8) is 0 Å². The molecule has 0 bridgehead atoms. The molecule has 0 spiro atoms. The summed E-state index contributed by atoms with van der Waals surface area (Å²) in [7, 11) is 0. The first-order valence-corrected chi connectivity index (χ1v) is 7.71. The summed E-state index contributed by atoms with van der Waals surface area (Å²) < 4.78 is 0. The first-order chi connectivity index (χ1) is 8.81. The van der Waals surface area contributed by atoms with Gasteiger partial charge in [0, 0.05) is 17.5 Å². The van der Waals surface area contributed by atoms with Crippen molar-refractivity contribution in [3.05, 3.63) is 22.4 Å². The molecule has 18 heavy (non-hydrogen) atoms. The molecule has 0 aromatic carbocycles. The van der Waals surface area contributed by atoms with Gasteiger partial charge in [-0.3, -0.25) is 4.79 Å². The highest BCUT2D eigenvalue weighted by Crippen LogP contribution is 2.24. The average Bonchev–Trinajstić information content (AvgIpc) is 3.02. The first-order valence-electron chi connectivity index (χ1n) is 6.83. The Balaban J connectivity index is 1.95. The number of amides is 1. The van der Waals surface area contributed by atoms with E-state index in [1.54, 1.807) is 11.3 Å². The van der Waals surface area contributed by atoms with E-state index in [0.29, 0.717) is 19.0 Å². The fraction of sp³-hybridized carbons (Fsp3) is 0.643. The van der Waals surface area contributed by atoms with Crippen LogP contribution in [0.25, 0.3) is 0 Å². The predicted molar refractivity (Wildman–Crippen MR) is 75.7 cm³/mol. The maximum absolute atomic E-state index is 12.4. The lowest BCUT2D eigenvalue weighted by molar-refractivity contribution is -0.132. The Morgan fingerprint density at radius 2 is 2.22 bits per heavy atom. The summed E-state index contributed by atoms with van der Waals surface area (Å²) in [6.45, 7) is 1.49. The zero-order chi connectivity index (χ0) is 12.8. The van der Waals surface area contributed by atoms with Gasteiger partial charge in [0.1, 0.15) is 0 Å². The van der Waals surface area contributed by atoms with Crippen LogP contribution in [0.15, 0.2) is 17.5 Å². The first kappa shape index (κ1) is 13.6. The lowest BCUT2D eigenvalue weighted by Crippen LogP contribution is -2.40. The fourth-order valence-corrected chi connectivity index (χ4v) is 3.35. The van der Waals surface area contributed by atoms with E-state index in [-0.39, 0.29) is 5.91 Å². The van der Waals surface area contributed by atoms with Crippen molar-refractivity contribution in [1.82, 2.24) is 4.90 Å². The summed E-state index contributed by atoms with van der Waals surface area (Å²) in [5.41, 5.74) is 5.58. The zero-order valence-corrected chi connectivity index (χ0v) is 11.6. The number of hydrogen-bond acceptors (Lipinski definition) is 3. The topological polar surface area (TPSA) is 46.3 Å². The van der Waals surface area contributed by atoms with Gasteiger partial charge in [-0.2, -0.15) is 0 Å². The van der Waals surface area contributed by atoms with E-state index in [1.165, 1.54) is 25.7 Å². The molecule has 0 saturated heterocycles. The summed E-state index contributed by atoms with van der Waals surface area (Å²) in [5.74, 6) is 0.276. The van der Waals surface area contributed by atoms with Gasteiger partial charge in [-0.15, -0.1) is 11.3 Å². The molecule has 1 aromatic rings. The molecule has 1 fully saturated rings. The van der Waals surface area contributed by atoms with Crippen molar-refractivity contribution in [1.29, 1.82) is 0 Å². The van der Waals surface area contributed by atoms with Crippen molar-refractivity contribution in [2.24, 2.45) is 5.73 Å². The van der Waals surface area contributed by atoms with Crippen molar-refractivity contribution < 1.29 is 4.79 Å². The number of nitrogens with two attached hydrogens (primary N) is 1. The smallest absolute Gasteiger partial charge is 0.228 e. The largest absolute Gasteiger partial charge is 0.339 e. The van der Waals surface area contributed by atoms with Crippen LogP contribution in [0, 0.1) is 0 Å². The Kier molecular flexibility index (Phi) is 5.20. The lowest BCUT2D eigenvalue weighted by atomic mass is 10.1. The van der Waals surface area contributed by atoms with Gasteiger partial charge in [0.25, 0.3) is 0 Å². The second-order valence-corrected chi connectivity index (χ2v) is 5.96. The Bertz CT molecular complexity index is 358. The number of carbonyl (C=O) groups is 1. The normalized spacial score (nSPS) is 16.1. The van der Waals surface area contributed by atoms with Gasteiger partial charge >= 0.3 is 0 Å². The van der Waals surface area contributed by atoms with Gasteiger partial charge in [-0.25, -0.2) is 0 Å². The van der Waals surface area contributed by atoms with Crippen molar-refractivity contribution >= 4 is 17.2 Å². The molecule has 3 nitrogen and oxygen atoms in total. The molecule has 1 amide bonds.